The van der Waals surface area contributed by atoms with Crippen molar-refractivity contribution >= 4 is 11.0 Å². The minimum atomic E-state index is 0.185. The highest BCUT2D eigenvalue weighted by atomic mass is 16.5. The largest absolute Gasteiger partial charge is 0.493 e. The summed E-state index contributed by atoms with van der Waals surface area (Å²) in [6.45, 7) is 9.77. The zero-order chi connectivity index (χ0) is 19.9. The molecule has 0 aliphatic rings. The molecule has 0 saturated carbocycles. The van der Waals surface area contributed by atoms with Crippen LogP contribution < -0.4 is 4.74 Å². The summed E-state index contributed by atoms with van der Waals surface area (Å²) in [4.78, 5) is 4.83. The minimum Gasteiger partial charge on any atom is -0.493 e. The van der Waals surface area contributed by atoms with Crippen molar-refractivity contribution in [1.29, 1.82) is 0 Å². The third-order valence-electron chi connectivity index (χ3n) is 5.12. The number of hydrogen-bond donors (Lipinski definition) is 1. The number of allylic oxidation sites excluding steroid dienone is 1. The van der Waals surface area contributed by atoms with E-state index in [2.05, 4.69) is 43.2 Å². The van der Waals surface area contributed by atoms with Gasteiger partial charge in [-0.15, -0.1) is 6.58 Å². The van der Waals surface area contributed by atoms with Crippen molar-refractivity contribution < 1.29 is 9.84 Å². The first-order chi connectivity index (χ1) is 13.6. The summed E-state index contributed by atoms with van der Waals surface area (Å²) < 4.78 is 8.33. The number of para-hydroxylation sites is 1. The predicted octanol–water partition coefficient (Wildman–Crippen LogP) is 4.78. The molecule has 0 radical (unpaired) electrons. The summed E-state index contributed by atoms with van der Waals surface area (Å²) in [5.41, 5.74) is 5.90. The number of benzene rings is 2. The quantitative estimate of drug-likeness (QED) is 0.408. The molecule has 2 aromatic carbocycles. The highest BCUT2D eigenvalue weighted by Gasteiger charge is 2.12. The molecule has 0 aliphatic heterocycles. The number of aliphatic hydroxyl groups excluding tert-OH is 1. The van der Waals surface area contributed by atoms with Gasteiger partial charge in [-0.25, -0.2) is 4.98 Å². The fourth-order valence-corrected chi connectivity index (χ4v) is 3.48. The molecule has 1 aromatic heterocycles. The molecule has 28 heavy (non-hydrogen) atoms. The van der Waals surface area contributed by atoms with Crippen molar-refractivity contribution in [2.45, 2.75) is 46.1 Å². The highest BCUT2D eigenvalue weighted by molar-refractivity contribution is 5.78. The van der Waals surface area contributed by atoms with Crippen LogP contribution in [-0.4, -0.2) is 27.9 Å². The first kappa shape index (κ1) is 20.2. The van der Waals surface area contributed by atoms with Crippen LogP contribution in [0.3, 0.4) is 0 Å². The van der Waals surface area contributed by atoms with Gasteiger partial charge in [-0.05, 0) is 68.0 Å². The summed E-state index contributed by atoms with van der Waals surface area (Å²) in [5.74, 6) is 1.98. The Morgan fingerprint density at radius 3 is 2.71 bits per heavy atom. The van der Waals surface area contributed by atoms with Crippen molar-refractivity contribution in [1.82, 2.24) is 9.55 Å². The molecule has 1 heterocycles. The number of hydrogen-bond acceptors (Lipinski definition) is 3. The van der Waals surface area contributed by atoms with E-state index in [1.54, 1.807) is 0 Å². The Labute approximate surface area is 167 Å². The zero-order valence-electron chi connectivity index (χ0n) is 16.9. The summed E-state index contributed by atoms with van der Waals surface area (Å²) in [6, 6.07) is 12.5. The standard InChI is InChI=1S/C24H30N2O2/c1-4-9-20-10-5-6-11-23(20)28-15-8-13-26-22-17-19(3)18(2)16-21(22)25-24(26)12-7-14-27/h4-6,10-11,16-17,27H,1,7-9,12-15H2,2-3H3. The van der Waals surface area contributed by atoms with Crippen molar-refractivity contribution in [3.63, 3.8) is 0 Å². The van der Waals surface area contributed by atoms with Gasteiger partial charge in [0.2, 0.25) is 0 Å². The number of ether oxygens (including phenoxy) is 1. The Morgan fingerprint density at radius 1 is 1.14 bits per heavy atom. The van der Waals surface area contributed by atoms with Gasteiger partial charge in [0.05, 0.1) is 17.6 Å². The molecular weight excluding hydrogens is 348 g/mol. The Balaban J connectivity index is 1.72. The molecule has 0 spiro atoms. The average Bonchev–Trinajstić information content (AvgIpc) is 3.01. The maximum atomic E-state index is 9.23. The zero-order valence-corrected chi connectivity index (χ0v) is 16.9. The van der Waals surface area contributed by atoms with Crippen LogP contribution in [0.25, 0.3) is 11.0 Å². The molecular formula is C24H30N2O2. The predicted molar refractivity (Wildman–Crippen MR) is 115 cm³/mol. The molecule has 0 saturated heterocycles. The van der Waals surface area contributed by atoms with E-state index in [9.17, 15) is 5.11 Å². The maximum Gasteiger partial charge on any atom is 0.122 e. The number of aryl methyl sites for hydroxylation is 4. The topological polar surface area (TPSA) is 47.3 Å². The van der Waals surface area contributed by atoms with E-state index in [0.29, 0.717) is 6.61 Å². The summed E-state index contributed by atoms with van der Waals surface area (Å²) in [6.07, 6.45) is 5.12. The lowest BCUT2D eigenvalue weighted by molar-refractivity contribution is 0.285. The van der Waals surface area contributed by atoms with E-state index in [0.717, 1.165) is 49.3 Å². The molecule has 148 valence electrons. The van der Waals surface area contributed by atoms with Crippen LogP contribution in [-0.2, 0) is 19.4 Å². The molecule has 0 atom stereocenters. The molecule has 1 N–H and O–H groups in total. The third kappa shape index (κ3) is 4.63. The number of aliphatic hydroxyl groups is 1. The second-order valence-electron chi connectivity index (χ2n) is 7.23. The Hall–Kier alpha value is -2.59. The van der Waals surface area contributed by atoms with Crippen LogP contribution in [0.4, 0.5) is 0 Å². The van der Waals surface area contributed by atoms with Gasteiger partial charge < -0.3 is 14.4 Å². The minimum absolute atomic E-state index is 0.185. The normalized spacial score (nSPS) is 11.1. The van der Waals surface area contributed by atoms with E-state index >= 15 is 0 Å². The van der Waals surface area contributed by atoms with E-state index < -0.39 is 0 Å². The molecule has 0 aliphatic carbocycles. The van der Waals surface area contributed by atoms with Gasteiger partial charge in [0.1, 0.15) is 11.6 Å². The van der Waals surface area contributed by atoms with Gasteiger partial charge >= 0.3 is 0 Å². The molecule has 0 amide bonds. The van der Waals surface area contributed by atoms with Crippen molar-refractivity contribution in [2.24, 2.45) is 0 Å². The molecule has 4 nitrogen and oxygen atoms in total. The summed E-state index contributed by atoms with van der Waals surface area (Å²) in [5, 5.41) is 9.23. The SMILES string of the molecule is C=CCc1ccccc1OCCCn1c(CCCO)nc2cc(C)c(C)cc21. The average molecular weight is 379 g/mol. The highest BCUT2D eigenvalue weighted by Crippen LogP contribution is 2.23. The van der Waals surface area contributed by atoms with Gasteiger partial charge in [0.25, 0.3) is 0 Å². The van der Waals surface area contributed by atoms with E-state index in [-0.39, 0.29) is 6.61 Å². The van der Waals surface area contributed by atoms with Crippen molar-refractivity contribution in [2.75, 3.05) is 13.2 Å². The van der Waals surface area contributed by atoms with E-state index in [4.69, 9.17) is 9.72 Å². The number of nitrogens with zero attached hydrogens (tertiary/aromatic N) is 2. The van der Waals surface area contributed by atoms with Crippen LogP contribution in [0.2, 0.25) is 0 Å². The molecule has 3 rings (SSSR count). The second-order valence-corrected chi connectivity index (χ2v) is 7.23. The van der Waals surface area contributed by atoms with Gasteiger partial charge in [-0.1, -0.05) is 24.3 Å². The van der Waals surface area contributed by atoms with Gasteiger partial charge in [-0.2, -0.15) is 0 Å². The van der Waals surface area contributed by atoms with Gasteiger partial charge in [0, 0.05) is 19.6 Å². The van der Waals surface area contributed by atoms with Crippen LogP contribution in [0.15, 0.2) is 49.1 Å². The Morgan fingerprint density at radius 2 is 1.93 bits per heavy atom. The Bertz CT molecular complexity index is 943. The van der Waals surface area contributed by atoms with E-state index in [1.807, 2.05) is 24.3 Å². The number of aromatic nitrogens is 2. The molecule has 3 aromatic rings. The molecule has 0 unspecified atom stereocenters. The second kappa shape index (κ2) is 9.56. The lowest BCUT2D eigenvalue weighted by Gasteiger charge is -2.12. The van der Waals surface area contributed by atoms with Crippen LogP contribution in [0.5, 0.6) is 5.75 Å². The molecule has 0 fully saturated rings. The smallest absolute Gasteiger partial charge is 0.122 e. The fraction of sp³-hybridized carbons (Fsp3) is 0.375. The molecule has 4 heteroatoms. The monoisotopic (exact) mass is 378 g/mol. The van der Waals surface area contributed by atoms with Crippen LogP contribution in [0.1, 0.15) is 35.4 Å². The van der Waals surface area contributed by atoms with Crippen LogP contribution in [0, 0.1) is 13.8 Å². The lowest BCUT2D eigenvalue weighted by Crippen LogP contribution is -2.09. The number of imidazole rings is 1. The summed E-state index contributed by atoms with van der Waals surface area (Å²) >= 11 is 0. The first-order valence-electron chi connectivity index (χ1n) is 10.0. The van der Waals surface area contributed by atoms with Crippen molar-refractivity contribution in [3.05, 3.63) is 71.6 Å². The number of rotatable bonds is 10. The van der Waals surface area contributed by atoms with Gasteiger partial charge in [-0.3, -0.25) is 0 Å². The lowest BCUT2D eigenvalue weighted by atomic mass is 10.1. The molecule has 0 bridgehead atoms. The van der Waals surface area contributed by atoms with Crippen LogP contribution >= 0.6 is 0 Å². The van der Waals surface area contributed by atoms with Gasteiger partial charge in [0.15, 0.2) is 0 Å². The first-order valence-corrected chi connectivity index (χ1v) is 10.0. The fourth-order valence-electron chi connectivity index (χ4n) is 3.48. The number of fused-ring (bicyclic) bond motifs is 1. The maximum absolute atomic E-state index is 9.23. The van der Waals surface area contributed by atoms with E-state index in [1.165, 1.54) is 22.2 Å². The summed E-state index contributed by atoms with van der Waals surface area (Å²) in [7, 11) is 0. The third-order valence-corrected chi connectivity index (χ3v) is 5.12. The van der Waals surface area contributed by atoms with Crippen molar-refractivity contribution in [3.8, 4) is 5.75 Å². The Kier molecular flexibility index (Phi) is 6.88.